The van der Waals surface area contributed by atoms with Crippen molar-refractivity contribution in [3.05, 3.63) is 23.8 Å². The van der Waals surface area contributed by atoms with Gasteiger partial charge in [0.25, 0.3) is 0 Å². The molecule has 1 saturated carbocycles. The second-order valence-electron chi connectivity index (χ2n) is 5.83. The van der Waals surface area contributed by atoms with Crippen molar-refractivity contribution < 1.29 is 9.90 Å². The van der Waals surface area contributed by atoms with Crippen LogP contribution in [0.4, 0.5) is 11.4 Å². The van der Waals surface area contributed by atoms with Crippen molar-refractivity contribution in [2.24, 2.45) is 5.41 Å². The van der Waals surface area contributed by atoms with Crippen LogP contribution in [0.1, 0.15) is 49.4 Å². The molecule has 0 unspecified atom stereocenters. The molecule has 104 valence electrons. The number of nitrogens with one attached hydrogen (secondary N) is 1. The van der Waals surface area contributed by atoms with Crippen molar-refractivity contribution in [3.8, 4) is 0 Å². The minimum absolute atomic E-state index is 0.166. The van der Waals surface area contributed by atoms with Gasteiger partial charge >= 0.3 is 5.97 Å². The SMILES string of the molecule is CC1(CNc2ccc(N)c(C(=O)O)c2)CCCCC1. The number of carbonyl (C=O) groups is 1. The zero-order valence-corrected chi connectivity index (χ0v) is 11.4. The second-order valence-corrected chi connectivity index (χ2v) is 5.83. The van der Waals surface area contributed by atoms with E-state index >= 15 is 0 Å². The van der Waals surface area contributed by atoms with Crippen LogP contribution < -0.4 is 11.1 Å². The molecular formula is C15H22N2O2. The van der Waals surface area contributed by atoms with Crippen molar-refractivity contribution in [2.45, 2.75) is 39.0 Å². The molecule has 2 rings (SSSR count). The van der Waals surface area contributed by atoms with Gasteiger partial charge in [-0.2, -0.15) is 0 Å². The number of hydrogen-bond acceptors (Lipinski definition) is 3. The summed E-state index contributed by atoms with van der Waals surface area (Å²) < 4.78 is 0. The molecule has 0 spiro atoms. The molecule has 0 aromatic heterocycles. The van der Waals surface area contributed by atoms with E-state index in [9.17, 15) is 4.79 Å². The lowest BCUT2D eigenvalue weighted by atomic mass is 9.76. The van der Waals surface area contributed by atoms with Gasteiger partial charge in [0.1, 0.15) is 0 Å². The van der Waals surface area contributed by atoms with Gasteiger partial charge in [-0.1, -0.05) is 26.2 Å². The summed E-state index contributed by atoms with van der Waals surface area (Å²) in [6, 6.07) is 5.10. The molecular weight excluding hydrogens is 240 g/mol. The first-order chi connectivity index (χ1) is 9.00. The third kappa shape index (κ3) is 3.40. The number of rotatable bonds is 4. The Labute approximate surface area is 114 Å². The number of nitrogens with two attached hydrogens (primary N) is 1. The van der Waals surface area contributed by atoms with E-state index in [0.717, 1.165) is 12.2 Å². The Morgan fingerprint density at radius 3 is 2.68 bits per heavy atom. The molecule has 0 saturated heterocycles. The molecule has 0 atom stereocenters. The van der Waals surface area contributed by atoms with Crippen LogP contribution in [-0.2, 0) is 0 Å². The lowest BCUT2D eigenvalue weighted by Gasteiger charge is -2.34. The van der Waals surface area contributed by atoms with Crippen LogP contribution in [0.3, 0.4) is 0 Å². The fourth-order valence-electron chi connectivity index (χ4n) is 2.75. The largest absolute Gasteiger partial charge is 0.478 e. The fraction of sp³-hybridized carbons (Fsp3) is 0.533. The minimum atomic E-state index is -0.981. The molecule has 4 N–H and O–H groups in total. The van der Waals surface area contributed by atoms with Crippen LogP contribution in [0, 0.1) is 5.41 Å². The van der Waals surface area contributed by atoms with Crippen molar-refractivity contribution >= 4 is 17.3 Å². The summed E-state index contributed by atoms with van der Waals surface area (Å²) in [4.78, 5) is 11.0. The van der Waals surface area contributed by atoms with Crippen molar-refractivity contribution in [1.82, 2.24) is 0 Å². The Bertz CT molecular complexity index is 465. The fourth-order valence-corrected chi connectivity index (χ4v) is 2.75. The highest BCUT2D eigenvalue weighted by Gasteiger charge is 2.26. The summed E-state index contributed by atoms with van der Waals surface area (Å²) in [7, 11) is 0. The highest BCUT2D eigenvalue weighted by Crippen LogP contribution is 2.35. The normalized spacial score (nSPS) is 17.9. The number of anilines is 2. The van der Waals surface area contributed by atoms with E-state index in [-0.39, 0.29) is 5.56 Å². The van der Waals surface area contributed by atoms with Crippen LogP contribution in [0.25, 0.3) is 0 Å². The molecule has 0 bridgehead atoms. The zero-order chi connectivity index (χ0) is 13.9. The average Bonchev–Trinajstić information content (AvgIpc) is 2.38. The molecule has 0 radical (unpaired) electrons. The van der Waals surface area contributed by atoms with Crippen LogP contribution in [-0.4, -0.2) is 17.6 Å². The maximum atomic E-state index is 11.0. The van der Waals surface area contributed by atoms with Crippen LogP contribution in [0.15, 0.2) is 18.2 Å². The number of carboxylic acids is 1. The molecule has 0 aliphatic heterocycles. The molecule has 0 amide bonds. The zero-order valence-electron chi connectivity index (χ0n) is 11.4. The molecule has 1 aromatic carbocycles. The van der Waals surface area contributed by atoms with Gasteiger partial charge in [0.05, 0.1) is 5.56 Å². The maximum Gasteiger partial charge on any atom is 0.337 e. The smallest absolute Gasteiger partial charge is 0.337 e. The standard InChI is InChI=1S/C15H22N2O2/c1-15(7-3-2-4-8-15)10-17-11-5-6-13(16)12(9-11)14(18)19/h5-6,9,17H,2-4,7-8,10,16H2,1H3,(H,18,19). The first-order valence-electron chi connectivity index (χ1n) is 6.87. The van der Waals surface area contributed by atoms with E-state index in [2.05, 4.69) is 12.2 Å². The van der Waals surface area contributed by atoms with Gasteiger partial charge in [-0.15, -0.1) is 0 Å². The second kappa shape index (κ2) is 5.51. The third-order valence-electron chi connectivity index (χ3n) is 4.06. The lowest BCUT2D eigenvalue weighted by Crippen LogP contribution is -2.28. The molecule has 4 heteroatoms. The Morgan fingerprint density at radius 2 is 2.05 bits per heavy atom. The van der Waals surface area contributed by atoms with Gasteiger partial charge in [0, 0.05) is 17.9 Å². The summed E-state index contributed by atoms with van der Waals surface area (Å²) in [6.07, 6.45) is 6.39. The summed E-state index contributed by atoms with van der Waals surface area (Å²) in [5.41, 5.74) is 7.27. The Balaban J connectivity index is 2.03. The van der Waals surface area contributed by atoms with E-state index in [1.54, 1.807) is 12.1 Å². The van der Waals surface area contributed by atoms with Crippen molar-refractivity contribution in [3.63, 3.8) is 0 Å². The predicted molar refractivity (Wildman–Crippen MR) is 77.5 cm³/mol. The highest BCUT2D eigenvalue weighted by atomic mass is 16.4. The first-order valence-corrected chi connectivity index (χ1v) is 6.87. The Kier molecular flexibility index (Phi) is 3.98. The topological polar surface area (TPSA) is 75.3 Å². The number of carboxylic acid groups (broad SMARTS) is 1. The molecule has 1 aliphatic carbocycles. The molecule has 0 heterocycles. The Morgan fingerprint density at radius 1 is 1.37 bits per heavy atom. The summed E-state index contributed by atoms with van der Waals surface area (Å²) in [5, 5.41) is 12.4. The van der Waals surface area contributed by atoms with Crippen LogP contribution >= 0.6 is 0 Å². The van der Waals surface area contributed by atoms with E-state index in [1.165, 1.54) is 32.1 Å². The van der Waals surface area contributed by atoms with Gasteiger partial charge in [0.15, 0.2) is 0 Å². The highest BCUT2D eigenvalue weighted by molar-refractivity contribution is 5.94. The molecule has 1 aromatic rings. The van der Waals surface area contributed by atoms with Gasteiger partial charge < -0.3 is 16.2 Å². The van der Waals surface area contributed by atoms with E-state index in [1.807, 2.05) is 6.07 Å². The first kappa shape index (κ1) is 13.7. The number of benzene rings is 1. The van der Waals surface area contributed by atoms with Gasteiger partial charge in [-0.25, -0.2) is 4.79 Å². The Hall–Kier alpha value is -1.71. The third-order valence-corrected chi connectivity index (χ3v) is 4.06. The quantitative estimate of drug-likeness (QED) is 0.727. The van der Waals surface area contributed by atoms with Crippen LogP contribution in [0.2, 0.25) is 0 Å². The van der Waals surface area contributed by atoms with Crippen LogP contribution in [0.5, 0.6) is 0 Å². The molecule has 19 heavy (non-hydrogen) atoms. The van der Waals surface area contributed by atoms with Crippen molar-refractivity contribution in [2.75, 3.05) is 17.6 Å². The minimum Gasteiger partial charge on any atom is -0.478 e. The summed E-state index contributed by atoms with van der Waals surface area (Å²) >= 11 is 0. The van der Waals surface area contributed by atoms with E-state index in [4.69, 9.17) is 10.8 Å². The van der Waals surface area contributed by atoms with E-state index in [0.29, 0.717) is 11.1 Å². The number of aromatic carboxylic acids is 1. The number of nitrogen functional groups attached to an aromatic ring is 1. The van der Waals surface area contributed by atoms with Crippen molar-refractivity contribution in [1.29, 1.82) is 0 Å². The predicted octanol–water partition coefficient (Wildman–Crippen LogP) is 3.35. The molecule has 1 fully saturated rings. The molecule has 1 aliphatic rings. The lowest BCUT2D eigenvalue weighted by molar-refractivity contribution is 0.0698. The van der Waals surface area contributed by atoms with Gasteiger partial charge in [-0.3, -0.25) is 0 Å². The molecule has 4 nitrogen and oxygen atoms in total. The maximum absolute atomic E-state index is 11.0. The van der Waals surface area contributed by atoms with Gasteiger partial charge in [0.2, 0.25) is 0 Å². The van der Waals surface area contributed by atoms with E-state index < -0.39 is 5.97 Å². The summed E-state index contributed by atoms with van der Waals surface area (Å²) in [5.74, 6) is -0.981. The summed E-state index contributed by atoms with van der Waals surface area (Å²) in [6.45, 7) is 3.19. The average molecular weight is 262 g/mol. The number of hydrogen-bond donors (Lipinski definition) is 3. The monoisotopic (exact) mass is 262 g/mol. The van der Waals surface area contributed by atoms with Gasteiger partial charge in [-0.05, 0) is 36.5 Å².